The van der Waals surface area contributed by atoms with Crippen molar-refractivity contribution in [2.45, 2.75) is 0 Å². The van der Waals surface area contributed by atoms with Gasteiger partial charge in [0.05, 0.1) is 0 Å². The molecule has 9 nitrogen and oxygen atoms in total. The number of amides is 2. The maximum Gasteiger partial charge on any atom is 0.692 e. The minimum absolute atomic E-state index is 0.0694. The Morgan fingerprint density at radius 3 is 1.27 bits per heavy atom. The van der Waals surface area contributed by atoms with E-state index in [4.69, 9.17) is 28.7 Å². The number of rotatable bonds is 0. The molecule has 0 aromatic heterocycles. The fourth-order valence-corrected chi connectivity index (χ4v) is 0.224. The zero-order chi connectivity index (χ0) is 13.0. The van der Waals surface area contributed by atoms with Gasteiger partial charge >= 0.3 is 22.5 Å². The van der Waals surface area contributed by atoms with Gasteiger partial charge in [0.2, 0.25) is 0 Å². The fraction of sp³-hybridized carbons (Fsp3) is 0.750. The van der Waals surface area contributed by atoms with Gasteiger partial charge in [-0.05, 0) is 0 Å². The van der Waals surface area contributed by atoms with Crippen LogP contribution >= 0.6 is 16.5 Å². The number of carbonyl (C=O) groups excluding carboxylic acids is 1. The maximum absolute atomic E-state index is 10.3. The van der Waals surface area contributed by atoms with Gasteiger partial charge in [0.25, 0.3) is 0 Å². The number of nitrogens with one attached hydrogen (secondary N) is 1. The van der Waals surface area contributed by atoms with E-state index >= 15 is 0 Å². The number of hydrogen-bond donors (Lipinski definition) is 5. The van der Waals surface area contributed by atoms with Crippen LogP contribution in [0.25, 0.3) is 0 Å². The Labute approximate surface area is 88.2 Å². The summed E-state index contributed by atoms with van der Waals surface area (Å²) >= 11 is 0. The normalized spacial score (nSPS) is 7.13. The quantitative estimate of drug-likeness (QED) is 0.357. The third-order valence-corrected chi connectivity index (χ3v) is 0.620. The summed E-state index contributed by atoms with van der Waals surface area (Å²) in [5.74, 6) is 0. The van der Waals surface area contributed by atoms with E-state index in [-0.39, 0.29) is 6.03 Å². The first-order valence-electron chi connectivity index (χ1n) is 3.24. The Morgan fingerprint density at radius 2 is 1.27 bits per heavy atom. The summed E-state index contributed by atoms with van der Waals surface area (Å²) in [6.45, 7) is 0. The SMILES string of the molecule is CNC(=O)N(C)C.O=[P+](O)O.O=[P+](O)O. The van der Waals surface area contributed by atoms with Crippen molar-refractivity contribution in [1.82, 2.24) is 10.2 Å². The lowest BCUT2D eigenvalue weighted by atomic mass is 10.8. The van der Waals surface area contributed by atoms with E-state index in [2.05, 4.69) is 5.32 Å². The van der Waals surface area contributed by atoms with Crippen LogP contribution < -0.4 is 5.32 Å². The summed E-state index contributed by atoms with van der Waals surface area (Å²) in [6.07, 6.45) is 0. The number of hydrogen-bond acceptors (Lipinski definition) is 3. The number of nitrogens with zero attached hydrogens (tertiary/aromatic N) is 1. The van der Waals surface area contributed by atoms with E-state index in [1.165, 1.54) is 4.90 Å². The van der Waals surface area contributed by atoms with E-state index in [1.807, 2.05) is 0 Å². The monoisotopic (exact) mass is 264 g/mol. The Hall–Kier alpha value is -0.690. The Bertz CT molecular complexity index is 189. The van der Waals surface area contributed by atoms with Crippen molar-refractivity contribution in [2.24, 2.45) is 0 Å². The van der Waals surface area contributed by atoms with Crippen LogP contribution in [0, 0.1) is 0 Å². The number of urea groups is 1. The predicted molar refractivity (Wildman–Crippen MR) is 52.2 cm³/mol. The standard InChI is InChI=1S/C4H10N2O.2HO3P/c1-5-4(7)6(2)3;2*1-4(2)3/h1-3H3,(H,5,7);2*(H-,1,2,3)/p+2. The average molecular weight is 264 g/mol. The van der Waals surface area contributed by atoms with Crippen LogP contribution in [0.1, 0.15) is 0 Å². The van der Waals surface area contributed by atoms with Crippen molar-refractivity contribution >= 4 is 22.5 Å². The zero-order valence-electron chi connectivity index (χ0n) is 8.36. The topological polar surface area (TPSA) is 147 Å². The first kappa shape index (κ1) is 19.8. The average Bonchev–Trinajstić information content (AvgIpc) is 2.00. The molecule has 0 aromatic carbocycles. The molecule has 0 saturated heterocycles. The molecule has 2 amide bonds. The van der Waals surface area contributed by atoms with Crippen LogP contribution in [0.5, 0.6) is 0 Å². The zero-order valence-corrected chi connectivity index (χ0v) is 10.1. The van der Waals surface area contributed by atoms with Gasteiger partial charge in [0, 0.05) is 30.3 Å². The first-order valence-corrected chi connectivity index (χ1v) is 5.57. The summed E-state index contributed by atoms with van der Waals surface area (Å²) in [6, 6.07) is -0.0694. The molecule has 0 rings (SSSR count). The maximum atomic E-state index is 10.3. The molecule has 0 spiro atoms. The predicted octanol–water partition coefficient (Wildman–Crippen LogP) is -0.856. The van der Waals surface area contributed by atoms with Crippen molar-refractivity contribution in [1.29, 1.82) is 0 Å². The highest BCUT2D eigenvalue weighted by Crippen LogP contribution is 1.98. The van der Waals surface area contributed by atoms with E-state index in [0.29, 0.717) is 0 Å². The molecular weight excluding hydrogens is 250 g/mol. The molecule has 0 bridgehead atoms. The van der Waals surface area contributed by atoms with Crippen LogP contribution in [0.4, 0.5) is 4.79 Å². The molecule has 15 heavy (non-hydrogen) atoms. The van der Waals surface area contributed by atoms with Gasteiger partial charge in [-0.3, -0.25) is 0 Å². The van der Waals surface area contributed by atoms with Gasteiger partial charge in [0.1, 0.15) is 0 Å². The van der Waals surface area contributed by atoms with E-state index in [0.717, 1.165) is 0 Å². The summed E-state index contributed by atoms with van der Waals surface area (Å²) < 4.78 is 17.4. The molecule has 0 heterocycles. The molecule has 0 fully saturated rings. The second-order valence-electron chi connectivity index (χ2n) is 1.96. The molecule has 90 valence electrons. The molecule has 0 radical (unpaired) electrons. The van der Waals surface area contributed by atoms with Crippen LogP contribution in [-0.4, -0.2) is 51.6 Å². The van der Waals surface area contributed by atoms with Gasteiger partial charge in [-0.25, -0.2) is 4.79 Å². The van der Waals surface area contributed by atoms with Gasteiger partial charge in [-0.15, -0.1) is 19.6 Å². The molecule has 0 aliphatic rings. The lowest BCUT2D eigenvalue weighted by Gasteiger charge is -2.06. The number of carbonyl (C=O) groups is 1. The third-order valence-electron chi connectivity index (χ3n) is 0.620. The largest absolute Gasteiger partial charge is 0.692 e. The third kappa shape index (κ3) is 60.4. The Morgan fingerprint density at radius 1 is 1.07 bits per heavy atom. The molecule has 0 saturated carbocycles. The molecule has 0 aromatic rings. The van der Waals surface area contributed by atoms with Crippen LogP contribution in [0.2, 0.25) is 0 Å². The molecule has 0 aliphatic carbocycles. The van der Waals surface area contributed by atoms with E-state index in [9.17, 15) is 4.79 Å². The van der Waals surface area contributed by atoms with E-state index < -0.39 is 16.5 Å². The van der Waals surface area contributed by atoms with Crippen molar-refractivity contribution in [2.75, 3.05) is 21.1 Å². The highest BCUT2D eigenvalue weighted by Gasteiger charge is 1.94. The van der Waals surface area contributed by atoms with Crippen molar-refractivity contribution in [3.63, 3.8) is 0 Å². The van der Waals surface area contributed by atoms with Gasteiger partial charge in [-0.2, -0.15) is 0 Å². The van der Waals surface area contributed by atoms with Crippen LogP contribution in [0.15, 0.2) is 0 Å². The molecule has 0 unspecified atom stereocenters. The van der Waals surface area contributed by atoms with Crippen molar-refractivity contribution in [3.05, 3.63) is 0 Å². The minimum atomic E-state index is -2.87. The molecule has 5 N–H and O–H groups in total. The molecule has 0 atom stereocenters. The lowest BCUT2D eigenvalue weighted by Crippen LogP contribution is -2.31. The van der Waals surface area contributed by atoms with Crippen molar-refractivity contribution in [3.8, 4) is 0 Å². The Kier molecular flexibility index (Phi) is 17.6. The second-order valence-corrected chi connectivity index (χ2v) is 2.97. The highest BCUT2D eigenvalue weighted by molar-refractivity contribution is 7.31. The van der Waals surface area contributed by atoms with Crippen LogP contribution in [0.3, 0.4) is 0 Å². The molecular formula is C4H14N2O7P2+2. The van der Waals surface area contributed by atoms with E-state index in [1.54, 1.807) is 21.1 Å². The summed E-state index contributed by atoms with van der Waals surface area (Å²) in [7, 11) is -0.755. The second kappa shape index (κ2) is 13.3. The summed E-state index contributed by atoms with van der Waals surface area (Å²) in [4.78, 5) is 40.3. The summed E-state index contributed by atoms with van der Waals surface area (Å²) in [5, 5.41) is 2.45. The molecule has 11 heteroatoms. The Balaban J connectivity index is -0.000000155. The van der Waals surface area contributed by atoms with Gasteiger partial charge < -0.3 is 10.2 Å². The van der Waals surface area contributed by atoms with Gasteiger partial charge in [0.15, 0.2) is 0 Å². The van der Waals surface area contributed by atoms with Crippen molar-refractivity contribution < 1.29 is 33.5 Å². The van der Waals surface area contributed by atoms with Gasteiger partial charge in [-0.1, -0.05) is 0 Å². The lowest BCUT2D eigenvalue weighted by molar-refractivity contribution is 0.219. The first-order chi connectivity index (χ1) is 6.64. The van der Waals surface area contributed by atoms with Crippen LogP contribution in [-0.2, 0) is 9.13 Å². The minimum Gasteiger partial charge on any atom is -0.341 e. The molecule has 0 aliphatic heterocycles. The summed E-state index contributed by atoms with van der Waals surface area (Å²) in [5.41, 5.74) is 0. The fourth-order valence-electron chi connectivity index (χ4n) is 0.224. The smallest absolute Gasteiger partial charge is 0.341 e. The highest BCUT2D eigenvalue weighted by atomic mass is 31.1.